The fourth-order valence-corrected chi connectivity index (χ4v) is 1.82. The second kappa shape index (κ2) is 4.55. The summed E-state index contributed by atoms with van der Waals surface area (Å²) < 4.78 is 18.9. The number of alkyl halides is 1. The van der Waals surface area contributed by atoms with Gasteiger partial charge in [0, 0.05) is 0 Å². The highest BCUT2D eigenvalue weighted by atomic mass is 19.1. The molecule has 3 nitrogen and oxygen atoms in total. The molecule has 4 heteroatoms. The molecule has 5 unspecified atom stereocenters. The molecule has 5 atom stereocenters. The van der Waals surface area contributed by atoms with Crippen molar-refractivity contribution in [1.82, 2.24) is 0 Å². The molecule has 0 bridgehead atoms. The van der Waals surface area contributed by atoms with Crippen molar-refractivity contribution in [3.63, 3.8) is 0 Å². The third-order valence-electron chi connectivity index (χ3n) is 2.76. The summed E-state index contributed by atoms with van der Waals surface area (Å²) in [6.07, 6.45) is -4.41. The van der Waals surface area contributed by atoms with Crippen LogP contribution in [-0.4, -0.2) is 40.8 Å². The first kappa shape index (κ1) is 11.9. The second-order valence-corrected chi connectivity index (χ2v) is 4.22. The molecular formula is C10H19FO3. The maximum atomic E-state index is 13.5. The summed E-state index contributed by atoms with van der Waals surface area (Å²) in [5.74, 6) is 0.00111. The Kier molecular flexibility index (Phi) is 3.86. The van der Waals surface area contributed by atoms with Crippen LogP contribution in [-0.2, 0) is 4.74 Å². The van der Waals surface area contributed by atoms with Crippen LogP contribution < -0.4 is 0 Å². The van der Waals surface area contributed by atoms with Crippen LogP contribution in [0, 0.1) is 5.92 Å². The lowest BCUT2D eigenvalue weighted by Crippen LogP contribution is -2.56. The van der Waals surface area contributed by atoms with Gasteiger partial charge >= 0.3 is 0 Å². The Morgan fingerprint density at radius 2 is 1.86 bits per heavy atom. The van der Waals surface area contributed by atoms with Crippen molar-refractivity contribution in [2.75, 3.05) is 0 Å². The van der Waals surface area contributed by atoms with Gasteiger partial charge in [0.25, 0.3) is 0 Å². The Hall–Kier alpha value is -0.190. The predicted molar refractivity (Wildman–Crippen MR) is 50.7 cm³/mol. The van der Waals surface area contributed by atoms with Crippen molar-refractivity contribution in [3.05, 3.63) is 0 Å². The van der Waals surface area contributed by atoms with E-state index in [1.807, 2.05) is 20.8 Å². The van der Waals surface area contributed by atoms with Crippen LogP contribution in [0.3, 0.4) is 0 Å². The lowest BCUT2D eigenvalue weighted by Gasteiger charge is -2.41. The molecule has 0 amide bonds. The van der Waals surface area contributed by atoms with Crippen LogP contribution in [0.15, 0.2) is 0 Å². The highest BCUT2D eigenvalue weighted by Gasteiger charge is 2.44. The molecule has 0 aromatic carbocycles. The molecule has 14 heavy (non-hydrogen) atoms. The van der Waals surface area contributed by atoms with Crippen LogP contribution in [0.2, 0.25) is 0 Å². The molecule has 84 valence electrons. The Balaban J connectivity index is 2.73. The van der Waals surface area contributed by atoms with E-state index in [4.69, 9.17) is 4.74 Å². The SMILES string of the molecule is CCC1OC(C(C)C)C(F)C(O)C1O. The molecule has 1 saturated heterocycles. The van der Waals surface area contributed by atoms with Crippen molar-refractivity contribution >= 4 is 0 Å². The quantitative estimate of drug-likeness (QED) is 0.705. The van der Waals surface area contributed by atoms with E-state index < -0.39 is 30.6 Å². The van der Waals surface area contributed by atoms with Gasteiger partial charge in [-0.25, -0.2) is 4.39 Å². The molecule has 1 heterocycles. The van der Waals surface area contributed by atoms with Crippen molar-refractivity contribution in [3.8, 4) is 0 Å². The number of halogens is 1. The first-order valence-electron chi connectivity index (χ1n) is 5.14. The average Bonchev–Trinajstić information content (AvgIpc) is 2.14. The molecule has 0 aromatic heterocycles. The average molecular weight is 206 g/mol. The highest BCUT2D eigenvalue weighted by Crippen LogP contribution is 2.28. The van der Waals surface area contributed by atoms with Gasteiger partial charge in [0.15, 0.2) is 6.17 Å². The van der Waals surface area contributed by atoms with Gasteiger partial charge in [-0.1, -0.05) is 20.8 Å². The van der Waals surface area contributed by atoms with Gasteiger partial charge in [-0.3, -0.25) is 0 Å². The molecule has 2 N–H and O–H groups in total. The molecule has 1 fully saturated rings. The van der Waals surface area contributed by atoms with Crippen LogP contribution in [0.4, 0.5) is 4.39 Å². The van der Waals surface area contributed by atoms with Crippen LogP contribution in [0.25, 0.3) is 0 Å². The Morgan fingerprint density at radius 3 is 2.29 bits per heavy atom. The number of aliphatic hydroxyl groups is 2. The van der Waals surface area contributed by atoms with E-state index in [0.29, 0.717) is 6.42 Å². The number of aliphatic hydroxyl groups excluding tert-OH is 2. The van der Waals surface area contributed by atoms with Gasteiger partial charge < -0.3 is 14.9 Å². The largest absolute Gasteiger partial charge is 0.388 e. The van der Waals surface area contributed by atoms with Gasteiger partial charge in [-0.05, 0) is 12.3 Å². The van der Waals surface area contributed by atoms with Gasteiger partial charge in [0.1, 0.15) is 12.2 Å². The lowest BCUT2D eigenvalue weighted by molar-refractivity contribution is -0.214. The fourth-order valence-electron chi connectivity index (χ4n) is 1.82. The van der Waals surface area contributed by atoms with Gasteiger partial charge in [-0.15, -0.1) is 0 Å². The number of hydrogen-bond acceptors (Lipinski definition) is 3. The Labute approximate surface area is 83.9 Å². The fraction of sp³-hybridized carbons (Fsp3) is 1.00. The standard InChI is InChI=1S/C10H19FO3/c1-4-6-8(12)9(13)7(11)10(14-6)5(2)3/h5-10,12-13H,4H2,1-3H3. The van der Waals surface area contributed by atoms with E-state index in [-0.39, 0.29) is 5.92 Å². The summed E-state index contributed by atoms with van der Waals surface area (Å²) >= 11 is 0. The van der Waals surface area contributed by atoms with Gasteiger partial charge in [0.05, 0.1) is 12.2 Å². The minimum absolute atomic E-state index is 0.00111. The number of hydrogen-bond donors (Lipinski definition) is 2. The Morgan fingerprint density at radius 1 is 1.29 bits per heavy atom. The molecule has 0 aliphatic carbocycles. The zero-order valence-corrected chi connectivity index (χ0v) is 8.85. The summed E-state index contributed by atoms with van der Waals surface area (Å²) in [5, 5.41) is 19.0. The van der Waals surface area contributed by atoms with E-state index in [2.05, 4.69) is 0 Å². The maximum absolute atomic E-state index is 13.5. The van der Waals surface area contributed by atoms with Crippen molar-refractivity contribution < 1.29 is 19.3 Å². The minimum Gasteiger partial charge on any atom is -0.388 e. The van der Waals surface area contributed by atoms with E-state index in [1.165, 1.54) is 0 Å². The topological polar surface area (TPSA) is 49.7 Å². The van der Waals surface area contributed by atoms with Gasteiger partial charge in [0.2, 0.25) is 0 Å². The number of ether oxygens (including phenoxy) is 1. The van der Waals surface area contributed by atoms with Crippen molar-refractivity contribution in [2.24, 2.45) is 5.92 Å². The molecule has 1 rings (SSSR count). The molecule has 0 aromatic rings. The molecule has 1 aliphatic heterocycles. The lowest BCUT2D eigenvalue weighted by atomic mass is 9.90. The zero-order chi connectivity index (χ0) is 10.9. The highest BCUT2D eigenvalue weighted by molar-refractivity contribution is 4.92. The normalized spacial score (nSPS) is 44.4. The summed E-state index contributed by atoms with van der Waals surface area (Å²) in [6.45, 7) is 5.53. The monoisotopic (exact) mass is 206 g/mol. The van der Waals surface area contributed by atoms with Crippen molar-refractivity contribution in [2.45, 2.75) is 57.8 Å². The van der Waals surface area contributed by atoms with Crippen LogP contribution >= 0.6 is 0 Å². The third-order valence-corrected chi connectivity index (χ3v) is 2.76. The van der Waals surface area contributed by atoms with Gasteiger partial charge in [-0.2, -0.15) is 0 Å². The molecule has 0 saturated carbocycles. The maximum Gasteiger partial charge on any atom is 0.155 e. The van der Waals surface area contributed by atoms with Crippen LogP contribution in [0.1, 0.15) is 27.2 Å². The number of rotatable bonds is 2. The summed E-state index contributed by atoms with van der Waals surface area (Å²) in [7, 11) is 0. The summed E-state index contributed by atoms with van der Waals surface area (Å²) in [4.78, 5) is 0. The molecule has 0 radical (unpaired) electrons. The molecule has 1 aliphatic rings. The van der Waals surface area contributed by atoms with E-state index in [9.17, 15) is 14.6 Å². The smallest absolute Gasteiger partial charge is 0.155 e. The minimum atomic E-state index is -1.49. The van der Waals surface area contributed by atoms with E-state index in [0.717, 1.165) is 0 Å². The summed E-state index contributed by atoms with van der Waals surface area (Å²) in [5.41, 5.74) is 0. The third kappa shape index (κ3) is 2.07. The first-order chi connectivity index (χ1) is 6.49. The van der Waals surface area contributed by atoms with Crippen LogP contribution in [0.5, 0.6) is 0 Å². The molecule has 0 spiro atoms. The predicted octanol–water partition coefficient (Wildman–Crippen LogP) is 0.880. The summed E-state index contributed by atoms with van der Waals surface area (Å²) in [6, 6.07) is 0. The second-order valence-electron chi connectivity index (χ2n) is 4.22. The van der Waals surface area contributed by atoms with Crippen molar-refractivity contribution in [1.29, 1.82) is 0 Å². The zero-order valence-electron chi connectivity index (χ0n) is 8.85. The Bertz CT molecular complexity index is 184. The van der Waals surface area contributed by atoms with E-state index in [1.54, 1.807) is 0 Å². The van der Waals surface area contributed by atoms with E-state index >= 15 is 0 Å². The first-order valence-corrected chi connectivity index (χ1v) is 5.14. The molecular weight excluding hydrogens is 187 g/mol.